The molecule has 10 rings (SSSR count). The fraction of sp³-hybridized carbons (Fsp3) is 0.525. The summed E-state index contributed by atoms with van der Waals surface area (Å²) in [4.78, 5) is 54.4. The Labute approximate surface area is 568 Å². The van der Waals surface area contributed by atoms with Gasteiger partial charge < -0.3 is 41.2 Å². The minimum absolute atomic E-state index is 0. The van der Waals surface area contributed by atoms with Crippen molar-refractivity contribution >= 4 is 51.4 Å². The van der Waals surface area contributed by atoms with Crippen LogP contribution >= 0.6 is 11.6 Å². The van der Waals surface area contributed by atoms with E-state index < -0.39 is 66.1 Å². The Bertz CT molecular complexity index is 3220. The molecule has 2 heterocycles. The number of ether oxygens (including phenoxy) is 1. The van der Waals surface area contributed by atoms with E-state index >= 15 is 0 Å². The van der Waals surface area contributed by atoms with Gasteiger partial charge in [-0.25, -0.2) is 18.7 Å². The smallest absolute Gasteiger partial charge is 1.00 e. The Balaban J connectivity index is 0.000000317. The van der Waals surface area contributed by atoms with Crippen molar-refractivity contribution < 1.29 is 158 Å². The van der Waals surface area contributed by atoms with Crippen LogP contribution in [-0.4, -0.2) is 104 Å². The number of aliphatic hydroxyl groups is 1. The number of esters is 1. The Morgan fingerprint density at radius 3 is 1.65 bits per heavy atom. The second kappa shape index (κ2) is 32.1. The zero-order chi connectivity index (χ0) is 62.5. The number of aryl methyl sites for hydroxylation is 4. The number of fused-ring (bicyclic) bond motifs is 4. The van der Waals surface area contributed by atoms with Crippen LogP contribution in [0.1, 0.15) is 150 Å². The standard InChI is InChI=1S/C30H38FN3O2.C26H34FN3O.C4H5ClO.CH2O3.2K.H/c1-20(2)28-24-13-12-23(31)19-22(24)14-15-30(28,36-29(35)21-10-11-21)16-18-34(3)17-6-9-27-32-25-7-4-5-8-26(25)33-27;1-18(2)25-21-11-10-20(27)17-19(21)12-13-26(25,31)14-16-30(3)15-6-9-24-28-22-7-4-5-8-23(22)29-24;5-4(6)3-1-2-3;2-1-4-3;;;/h4-5,7-8,12-13,19-21,28H,6,9-11,14-18H2,1-3H3,(H,32,33);4-5,7-8,10-11,17-18,25,31H,6,9,12-16H2,1-3H3,(H,28,29);3H,1-2H2;1,3H;;;/q;;;;2*+1;-1/p-1/t28-,30-;25-,26-;;;;;/m00...../s1/i14D2,15D2;12D2,13D2;;;;;. The second-order valence-electron chi connectivity index (χ2n) is 21.4. The van der Waals surface area contributed by atoms with E-state index in [9.17, 15) is 26.2 Å². The van der Waals surface area contributed by atoms with Crippen molar-refractivity contribution in [2.75, 3.05) is 40.3 Å². The average Bonchev–Trinajstić information content (AvgIpc) is 0.796. The molecule has 2 aromatic heterocycles. The molecule has 2 fully saturated rings. The van der Waals surface area contributed by atoms with Crippen molar-refractivity contribution in [3.63, 3.8) is 0 Å². The van der Waals surface area contributed by atoms with Gasteiger partial charge in [-0.15, -0.1) is 0 Å². The van der Waals surface area contributed by atoms with Gasteiger partial charge in [-0.1, -0.05) is 64.1 Å². The van der Waals surface area contributed by atoms with Crippen molar-refractivity contribution in [1.82, 2.24) is 29.7 Å². The molecule has 6 aromatic rings. The van der Waals surface area contributed by atoms with E-state index in [-0.39, 0.29) is 164 Å². The third-order valence-corrected chi connectivity index (χ3v) is 14.8. The van der Waals surface area contributed by atoms with Crippen molar-refractivity contribution in [3.8, 4) is 0 Å². The van der Waals surface area contributed by atoms with Crippen LogP contribution in [0, 0.1) is 35.3 Å². The number of halogens is 3. The number of hydrogen-bond acceptors (Lipinski definition) is 11. The zero-order valence-electron chi connectivity index (χ0n) is 55.8. The van der Waals surface area contributed by atoms with Gasteiger partial charge in [0.05, 0.1) is 33.6 Å². The molecule has 0 amide bonds. The van der Waals surface area contributed by atoms with Crippen LogP contribution in [0.2, 0.25) is 0 Å². The summed E-state index contributed by atoms with van der Waals surface area (Å²) in [5.74, 6) is -1.60. The normalized spacial score (nSPS) is 24.1. The van der Waals surface area contributed by atoms with Crippen LogP contribution in [-0.2, 0) is 49.6 Å². The summed E-state index contributed by atoms with van der Waals surface area (Å²) in [6, 6.07) is 23.5. The Morgan fingerprint density at radius 2 is 1.22 bits per heavy atom. The van der Waals surface area contributed by atoms with Gasteiger partial charge in [0.15, 0.2) is 0 Å². The van der Waals surface area contributed by atoms with Crippen LogP contribution in [0.4, 0.5) is 8.78 Å². The number of carbonyl (C=O) groups excluding carboxylic acids is 3. The molecular formula is C61H79ClF2K2N6O7. The van der Waals surface area contributed by atoms with Gasteiger partial charge >= 0.3 is 109 Å². The third-order valence-electron chi connectivity index (χ3n) is 14.5. The van der Waals surface area contributed by atoms with Crippen LogP contribution in [0.25, 0.3) is 22.1 Å². The number of rotatable bonds is 20. The maximum absolute atomic E-state index is 14.3. The molecule has 0 unspecified atom stereocenters. The molecule has 0 spiro atoms. The van der Waals surface area contributed by atoms with E-state index in [1.807, 2.05) is 95.2 Å². The summed E-state index contributed by atoms with van der Waals surface area (Å²) in [6.07, 6.45) is -3.57. The molecule has 3 N–H and O–H groups in total. The van der Waals surface area contributed by atoms with E-state index in [1.165, 1.54) is 18.2 Å². The van der Waals surface area contributed by atoms with Crippen LogP contribution < -0.4 is 108 Å². The first-order valence-electron chi connectivity index (χ1n) is 30.7. The fourth-order valence-electron chi connectivity index (χ4n) is 10.3. The second-order valence-corrected chi connectivity index (χ2v) is 21.8. The van der Waals surface area contributed by atoms with Crippen molar-refractivity contribution in [3.05, 3.63) is 130 Å². The number of nitrogens with zero attached hydrogens (tertiary/aromatic N) is 4. The molecule has 4 atom stereocenters. The zero-order valence-corrected chi connectivity index (χ0v) is 53.8. The number of aromatic nitrogens is 4. The molecule has 4 aliphatic rings. The largest absolute Gasteiger partial charge is 1.00 e. The molecule has 0 bridgehead atoms. The number of nitrogens with one attached hydrogen (secondary N) is 2. The third kappa shape index (κ3) is 19.4. The van der Waals surface area contributed by atoms with Gasteiger partial charge in [0, 0.05) is 61.1 Å². The molecule has 79 heavy (non-hydrogen) atoms. The van der Waals surface area contributed by atoms with Gasteiger partial charge in [0.25, 0.3) is 6.47 Å². The molecule has 13 nitrogen and oxygen atoms in total. The van der Waals surface area contributed by atoms with Crippen LogP contribution in [0.5, 0.6) is 0 Å². The molecule has 0 aliphatic heterocycles. The predicted octanol–water partition coefficient (Wildman–Crippen LogP) is 4.83. The minimum Gasteiger partial charge on any atom is -1.00 e. The SMILES string of the molecule is O=C(Cl)C1CC1.O=CO[O-].[2H]C1([2H])c2cc(F)ccc2[C@H](C(C)C)[C@@](O)(CCN(C)CCCc2nc3ccccc3[nH]2)C1([2H])[2H].[2H]C1([2H])c2cc(F)ccc2[C@H](C(C)C)[C@](CCN(C)CCCc2nc3ccccc3[nH]2)(OC(=O)C2CC2)C1([2H])[2H].[H-].[K+].[K+]. The Kier molecular flexibility index (Phi) is 22.7. The monoisotopic (exact) mass is 1170 g/mol. The Morgan fingerprint density at radius 1 is 0.759 bits per heavy atom. The molecule has 4 aromatic carbocycles. The van der Waals surface area contributed by atoms with Gasteiger partial charge in [0.1, 0.15) is 28.9 Å². The van der Waals surface area contributed by atoms with E-state index in [4.69, 9.17) is 34.6 Å². The number of hydrogen-bond donors (Lipinski definition) is 3. The van der Waals surface area contributed by atoms with E-state index in [1.54, 1.807) is 6.07 Å². The van der Waals surface area contributed by atoms with Gasteiger partial charge in [-0.2, -0.15) is 0 Å². The molecule has 18 heteroatoms. The van der Waals surface area contributed by atoms with Crippen molar-refractivity contribution in [2.45, 2.75) is 140 Å². The summed E-state index contributed by atoms with van der Waals surface area (Å²) >= 11 is 5.04. The topological polar surface area (TPSA) is 177 Å². The molecular weight excluding hydrogens is 1080 g/mol. The van der Waals surface area contributed by atoms with E-state index in [2.05, 4.69) is 29.7 Å². The van der Waals surface area contributed by atoms with Gasteiger partial charge in [0.2, 0.25) is 5.24 Å². The van der Waals surface area contributed by atoms with Crippen LogP contribution in [0.3, 0.4) is 0 Å². The van der Waals surface area contributed by atoms with E-state index in [0.717, 1.165) is 90.9 Å². The molecule has 0 saturated heterocycles. The first-order valence-corrected chi connectivity index (χ1v) is 27.1. The molecule has 2 saturated carbocycles. The summed E-state index contributed by atoms with van der Waals surface area (Å²) in [5, 5.41) is 20.1. The molecule has 4 aliphatic carbocycles. The Hall–Kier alpha value is -2.31. The minimum atomic E-state index is -2.61. The number of aromatic amines is 2. The maximum atomic E-state index is 14.3. The summed E-state index contributed by atoms with van der Waals surface area (Å²) < 4.78 is 105. The van der Waals surface area contributed by atoms with Crippen molar-refractivity contribution in [1.29, 1.82) is 0 Å². The predicted molar refractivity (Wildman–Crippen MR) is 296 cm³/mol. The first kappa shape index (κ1) is 55.9. The first-order chi connectivity index (χ1) is 40.0. The number of benzene rings is 4. The summed E-state index contributed by atoms with van der Waals surface area (Å²) in [5.41, 5.74) is 1.13. The molecule has 418 valence electrons. The van der Waals surface area contributed by atoms with Crippen molar-refractivity contribution in [2.24, 2.45) is 23.7 Å². The average molecular weight is 1170 g/mol. The quantitative estimate of drug-likeness (QED) is 0.0239. The molecule has 0 radical (unpaired) electrons. The summed E-state index contributed by atoms with van der Waals surface area (Å²) in [7, 11) is 3.86. The summed E-state index contributed by atoms with van der Waals surface area (Å²) in [6.45, 7) is 9.65. The van der Waals surface area contributed by atoms with Crippen LogP contribution in [0.15, 0.2) is 84.9 Å². The number of carbonyl (C=O) groups is 3. The number of imidazole rings is 2. The van der Waals surface area contributed by atoms with Gasteiger partial charge in [-0.3, -0.25) is 14.4 Å². The fourth-order valence-corrected chi connectivity index (χ4v) is 10.5. The maximum Gasteiger partial charge on any atom is 1.00 e. The van der Waals surface area contributed by atoms with E-state index in [0.29, 0.717) is 43.6 Å². The van der Waals surface area contributed by atoms with Gasteiger partial charge in [-0.05, 0) is 192 Å². The number of H-pyrrole nitrogens is 2. The number of para-hydroxylation sites is 4.